The zero-order valence-electron chi connectivity index (χ0n) is 37.5. The molecule has 0 spiro atoms. The molecule has 0 aromatic rings. The molecule has 1 saturated carbocycles. The van der Waals surface area contributed by atoms with E-state index in [0.29, 0.717) is 62.7 Å². The van der Waals surface area contributed by atoms with Crippen LogP contribution in [0.2, 0.25) is 0 Å². The number of aliphatic hydroxyl groups excluding tert-OH is 2. The van der Waals surface area contributed by atoms with Crippen molar-refractivity contribution in [2.24, 2.45) is 34.7 Å². The first-order valence-corrected chi connectivity index (χ1v) is 22.1. The van der Waals surface area contributed by atoms with E-state index in [2.05, 4.69) is 31.7 Å². The molecule has 340 valence electrons. The van der Waals surface area contributed by atoms with Crippen molar-refractivity contribution in [2.75, 3.05) is 34.5 Å². The summed E-state index contributed by atoms with van der Waals surface area (Å²) in [6, 6.07) is -1.12. The molecule has 14 atom stereocenters. The number of rotatable bonds is 9. The van der Waals surface area contributed by atoms with E-state index in [1.807, 2.05) is 26.8 Å². The third kappa shape index (κ3) is 12.1. The Morgan fingerprint density at radius 3 is 2.30 bits per heavy atom. The molecule has 2 bridgehead atoms. The number of ketones is 1. The quantitative estimate of drug-likeness (QED) is 0.0878. The summed E-state index contributed by atoms with van der Waals surface area (Å²) in [6.45, 7) is 15.6. The third-order valence-electron chi connectivity index (χ3n) is 13.3. The normalized spacial score (nSPS) is 40.1. The first kappa shape index (κ1) is 49.7. The molecule has 2 saturated heterocycles. The zero-order chi connectivity index (χ0) is 44.3. The second-order valence-corrected chi connectivity index (χ2v) is 17.9. The number of hydrogen-bond donors (Lipinski definition) is 3. The molecule has 4 aliphatic rings. The van der Waals surface area contributed by atoms with Crippen LogP contribution in [0.25, 0.3) is 0 Å². The van der Waals surface area contributed by atoms with E-state index in [-0.39, 0.29) is 56.3 Å². The van der Waals surface area contributed by atoms with E-state index in [1.54, 1.807) is 34.3 Å². The monoisotopic (exact) mass is 847 g/mol. The number of esters is 1. The number of fused-ring (bicyclic) bond motifs is 3. The minimum atomic E-state index is -2.50. The fourth-order valence-corrected chi connectivity index (χ4v) is 9.69. The van der Waals surface area contributed by atoms with Crippen LogP contribution in [0.4, 0.5) is 0 Å². The van der Waals surface area contributed by atoms with Gasteiger partial charge < -0.3 is 48.7 Å². The van der Waals surface area contributed by atoms with Crippen molar-refractivity contribution in [3.05, 3.63) is 36.0 Å². The summed E-state index contributed by atoms with van der Waals surface area (Å²) in [5, 5.41) is 39.2. The summed E-state index contributed by atoms with van der Waals surface area (Å²) >= 11 is 0. The Morgan fingerprint density at radius 1 is 0.967 bits per heavy atom. The minimum Gasteiger partial charge on any atom is -0.456 e. The Bertz CT molecular complexity index is 1550. The van der Waals surface area contributed by atoms with Gasteiger partial charge in [0.05, 0.1) is 36.2 Å². The summed E-state index contributed by atoms with van der Waals surface area (Å²) in [6.07, 6.45) is 6.31. The van der Waals surface area contributed by atoms with Gasteiger partial charge in [0.2, 0.25) is 5.79 Å². The number of Topliss-reactive ketones (excluding diaryl/α,β-unsaturated/α-hetero) is 1. The van der Waals surface area contributed by atoms with Crippen LogP contribution in [0.1, 0.15) is 112 Å². The molecule has 1 aliphatic carbocycles. The van der Waals surface area contributed by atoms with E-state index in [0.717, 1.165) is 5.57 Å². The number of carbonyl (C=O) groups is 3. The number of allylic oxidation sites excluding steroid dienone is 3. The Morgan fingerprint density at radius 2 is 1.65 bits per heavy atom. The van der Waals surface area contributed by atoms with Crippen molar-refractivity contribution >= 4 is 23.4 Å². The van der Waals surface area contributed by atoms with Crippen LogP contribution in [0.3, 0.4) is 0 Å². The highest BCUT2D eigenvalue weighted by atomic mass is 16.7. The van der Waals surface area contributed by atoms with Crippen LogP contribution in [-0.2, 0) is 42.9 Å². The van der Waals surface area contributed by atoms with Crippen LogP contribution in [0.5, 0.6) is 0 Å². The summed E-state index contributed by atoms with van der Waals surface area (Å²) in [5.41, 5.74) is 2.43. The molecule has 0 aromatic heterocycles. The summed E-state index contributed by atoms with van der Waals surface area (Å²) < 4.78 is 30.1. The predicted molar refractivity (Wildman–Crippen MR) is 227 cm³/mol. The molecule has 14 heteroatoms. The van der Waals surface area contributed by atoms with Crippen molar-refractivity contribution < 1.29 is 58.2 Å². The van der Waals surface area contributed by atoms with Crippen LogP contribution in [0.15, 0.2) is 41.1 Å². The molecule has 3 fully saturated rings. The lowest BCUT2D eigenvalue weighted by molar-refractivity contribution is -0.302. The van der Waals surface area contributed by atoms with E-state index in [1.165, 1.54) is 4.90 Å². The van der Waals surface area contributed by atoms with Crippen LogP contribution < -0.4 is 0 Å². The molecule has 60 heavy (non-hydrogen) atoms. The molecule has 0 radical (unpaired) electrons. The van der Waals surface area contributed by atoms with Crippen molar-refractivity contribution in [1.29, 1.82) is 0 Å². The van der Waals surface area contributed by atoms with E-state index < -0.39 is 77.9 Å². The lowest BCUT2D eigenvalue weighted by atomic mass is 9.81. The standard InChI is InChI=1S/C46H74N2O12/c1-11-19-58-47-34-26-37(50)31(7)41(29(5)23-32-16-17-36(49)38(25-32)55-8)59-45(53)35-15-13-14-18-48(35)44(52)43(51)46(54)30(6)24-40(57-10)42(60-46)39(56-9)22-28(4)20-27(3)21-33(34)12-2/h11,21,23,28,30-33,35-42,49-50,54H,1,12-20,22,24-26H2,2-10H3/b27-21+,29-23+,47-34+/t28-,30+,31+,32-,33+,35-,36+,37-,38+,39-,40-,41+,42+,46+/m0/s1. The molecule has 3 heterocycles. The first-order chi connectivity index (χ1) is 28.5. The SMILES string of the molecule is C=CCO/N=C1\C[C@H](O)[C@@H](C)[C@@H](/C(C)=C/[C@@H]2CC[C@@H](O)[C@H](OC)C2)OC(=O)[C@@H]2CCCCN2C(=O)C(=O)[C@]2(O)O[C@H]([C@@H](OC)C[C@@H](C)C/C(C)=C/[C@H]1CC)[C@@H](OC)C[C@H]2C. The van der Waals surface area contributed by atoms with E-state index in [4.69, 9.17) is 28.5 Å². The summed E-state index contributed by atoms with van der Waals surface area (Å²) in [5.74, 6) is -6.96. The van der Waals surface area contributed by atoms with Gasteiger partial charge >= 0.3 is 5.97 Å². The van der Waals surface area contributed by atoms with Gasteiger partial charge in [0.25, 0.3) is 11.7 Å². The Kier molecular flexibility index (Phi) is 19.0. The highest BCUT2D eigenvalue weighted by Gasteiger charge is 2.56. The van der Waals surface area contributed by atoms with Crippen LogP contribution >= 0.6 is 0 Å². The number of oxime groups is 1. The van der Waals surface area contributed by atoms with Crippen molar-refractivity contribution in [2.45, 2.75) is 167 Å². The van der Waals surface area contributed by atoms with Gasteiger partial charge in [-0.2, -0.15) is 0 Å². The van der Waals surface area contributed by atoms with Gasteiger partial charge in [-0.25, -0.2) is 4.79 Å². The number of cyclic esters (lactones) is 1. The van der Waals surface area contributed by atoms with Crippen LogP contribution in [0, 0.1) is 29.6 Å². The number of carbonyl (C=O) groups excluding carboxylic acids is 3. The van der Waals surface area contributed by atoms with Gasteiger partial charge in [0, 0.05) is 52.0 Å². The molecule has 3 aliphatic heterocycles. The number of amides is 1. The Labute approximate surface area is 357 Å². The van der Waals surface area contributed by atoms with Crippen molar-refractivity contribution in [3.63, 3.8) is 0 Å². The zero-order valence-corrected chi connectivity index (χ0v) is 37.5. The third-order valence-corrected chi connectivity index (χ3v) is 13.3. The molecule has 4 rings (SSSR count). The fourth-order valence-electron chi connectivity index (χ4n) is 9.69. The Hall–Kier alpha value is -2.98. The molecular weight excluding hydrogens is 773 g/mol. The topological polar surface area (TPSA) is 183 Å². The highest BCUT2D eigenvalue weighted by molar-refractivity contribution is 6.39. The molecule has 0 unspecified atom stereocenters. The molecule has 0 aromatic carbocycles. The van der Waals surface area contributed by atoms with Gasteiger partial charge in [0.15, 0.2) is 0 Å². The van der Waals surface area contributed by atoms with Gasteiger partial charge in [-0.05, 0) is 95.5 Å². The second-order valence-electron chi connectivity index (χ2n) is 17.9. The van der Waals surface area contributed by atoms with Crippen LogP contribution in [-0.4, -0.2) is 133 Å². The van der Waals surface area contributed by atoms with Gasteiger partial charge in [-0.3, -0.25) is 9.59 Å². The summed E-state index contributed by atoms with van der Waals surface area (Å²) in [4.78, 5) is 49.9. The average molecular weight is 847 g/mol. The van der Waals surface area contributed by atoms with Gasteiger partial charge in [-0.1, -0.05) is 63.2 Å². The minimum absolute atomic E-state index is 0.0128. The molecule has 3 N–H and O–H groups in total. The number of ether oxygens (including phenoxy) is 5. The number of hydrogen-bond acceptors (Lipinski definition) is 13. The van der Waals surface area contributed by atoms with E-state index in [9.17, 15) is 29.7 Å². The van der Waals surface area contributed by atoms with Gasteiger partial charge in [-0.15, -0.1) is 0 Å². The van der Waals surface area contributed by atoms with E-state index >= 15 is 0 Å². The Balaban J connectivity index is 1.82. The maximum atomic E-state index is 14.5. The molecule has 14 nitrogen and oxygen atoms in total. The second kappa shape index (κ2) is 22.9. The lowest BCUT2D eigenvalue weighted by Gasteiger charge is -2.47. The molecule has 1 amide bonds. The maximum Gasteiger partial charge on any atom is 0.329 e. The fraction of sp³-hybridized carbons (Fsp3) is 0.783. The number of aliphatic hydroxyl groups is 3. The predicted octanol–water partition coefficient (Wildman–Crippen LogP) is 5.46. The largest absolute Gasteiger partial charge is 0.456 e. The molecular formula is C46H74N2O12. The maximum absolute atomic E-state index is 14.5. The summed E-state index contributed by atoms with van der Waals surface area (Å²) in [7, 11) is 4.68. The highest BCUT2D eigenvalue weighted by Crippen LogP contribution is 2.39. The number of nitrogens with zero attached hydrogens (tertiary/aromatic N) is 2. The lowest BCUT2D eigenvalue weighted by Crippen LogP contribution is -2.64. The van der Waals surface area contributed by atoms with Crippen molar-refractivity contribution in [1.82, 2.24) is 4.90 Å². The van der Waals surface area contributed by atoms with Crippen molar-refractivity contribution in [3.8, 4) is 0 Å². The number of methoxy groups -OCH3 is 3. The first-order valence-electron chi connectivity index (χ1n) is 22.1. The number of piperidine rings is 1. The average Bonchev–Trinajstić information content (AvgIpc) is 3.23. The van der Waals surface area contributed by atoms with Gasteiger partial charge in [0.1, 0.15) is 24.9 Å². The smallest absolute Gasteiger partial charge is 0.329 e.